The Kier molecular flexibility index (Phi) is 5.89. The lowest BCUT2D eigenvalue weighted by atomic mass is 10.1. The second kappa shape index (κ2) is 6.94. The van der Waals surface area contributed by atoms with Gasteiger partial charge in [-0.05, 0) is 6.07 Å². The Balaban J connectivity index is 2.94. The molecule has 0 aromatic heterocycles. The Morgan fingerprint density at radius 3 is 2.65 bits per heavy atom. The quantitative estimate of drug-likeness (QED) is 0.863. The van der Waals surface area contributed by atoms with Crippen molar-refractivity contribution in [2.24, 2.45) is 0 Å². The van der Waals surface area contributed by atoms with E-state index in [-0.39, 0.29) is 5.88 Å². The van der Waals surface area contributed by atoms with Crippen LogP contribution >= 0.6 is 34.8 Å². The van der Waals surface area contributed by atoms with Gasteiger partial charge in [0.15, 0.2) is 0 Å². The Labute approximate surface area is 115 Å². The van der Waals surface area contributed by atoms with Crippen LogP contribution in [0.3, 0.4) is 0 Å². The molecule has 1 aromatic rings. The molecule has 0 aliphatic rings. The van der Waals surface area contributed by atoms with E-state index in [1.807, 2.05) is 0 Å². The molecule has 0 bridgehead atoms. The molecule has 0 radical (unpaired) electrons. The van der Waals surface area contributed by atoms with E-state index in [0.717, 1.165) is 0 Å². The summed E-state index contributed by atoms with van der Waals surface area (Å²) in [6, 6.07) is 6.93. The van der Waals surface area contributed by atoms with Gasteiger partial charge >= 0.3 is 6.09 Å². The summed E-state index contributed by atoms with van der Waals surface area (Å²) in [5, 5.41) is 1.40. The van der Waals surface area contributed by atoms with Gasteiger partial charge in [0.1, 0.15) is 5.75 Å². The molecular formula is C11H12Cl3NO2. The summed E-state index contributed by atoms with van der Waals surface area (Å²) in [6.07, 6.45) is -0.557. The number of rotatable bonds is 4. The van der Waals surface area contributed by atoms with Gasteiger partial charge in [0.2, 0.25) is 0 Å². The normalized spacial score (nSPS) is 13.9. The number of hydrogen-bond acceptors (Lipinski definition) is 2. The average Bonchev–Trinajstić information content (AvgIpc) is 2.37. The predicted octanol–water partition coefficient (Wildman–Crippen LogP) is 3.53. The first-order chi connectivity index (χ1) is 8.10. The van der Waals surface area contributed by atoms with Crippen molar-refractivity contribution in [1.29, 1.82) is 0 Å². The number of ether oxygens (including phenoxy) is 1. The molecule has 3 nitrogen and oxygen atoms in total. The van der Waals surface area contributed by atoms with Crippen LogP contribution in [0.1, 0.15) is 10.9 Å². The van der Waals surface area contributed by atoms with Crippen LogP contribution in [-0.4, -0.2) is 24.4 Å². The average molecular weight is 297 g/mol. The minimum absolute atomic E-state index is 0.212. The highest BCUT2D eigenvalue weighted by Gasteiger charge is 2.22. The van der Waals surface area contributed by atoms with Gasteiger partial charge in [-0.3, -0.25) is 0 Å². The molecule has 0 saturated heterocycles. The molecule has 2 unspecified atom stereocenters. The maximum Gasteiger partial charge on any atom is 0.412 e. The Bertz CT molecular complexity index is 387. The van der Waals surface area contributed by atoms with E-state index in [1.54, 1.807) is 24.3 Å². The van der Waals surface area contributed by atoms with Crippen LogP contribution in [0, 0.1) is 0 Å². The minimum Gasteiger partial charge on any atom is -0.410 e. The standard InChI is InChI=1S/C11H12Cl3NO2/c1-15-11(16)17-9-5-3-2-4-7(9)10(14)8(13)6-12/h2-5,8,10H,6H2,1H3,(H,15,16). The van der Waals surface area contributed by atoms with Crippen LogP contribution in [0.25, 0.3) is 0 Å². The van der Waals surface area contributed by atoms with E-state index in [2.05, 4.69) is 5.32 Å². The summed E-state index contributed by atoms with van der Waals surface area (Å²) in [5.74, 6) is 0.590. The van der Waals surface area contributed by atoms with E-state index < -0.39 is 16.8 Å². The second-order valence-corrected chi connectivity index (χ2v) is 4.59. The van der Waals surface area contributed by atoms with Crippen molar-refractivity contribution < 1.29 is 9.53 Å². The lowest BCUT2D eigenvalue weighted by Gasteiger charge is -2.17. The van der Waals surface area contributed by atoms with Crippen LogP contribution in [0.5, 0.6) is 5.75 Å². The summed E-state index contributed by atoms with van der Waals surface area (Å²) in [4.78, 5) is 11.2. The van der Waals surface area contributed by atoms with Crippen molar-refractivity contribution in [1.82, 2.24) is 5.32 Å². The third-order valence-electron chi connectivity index (χ3n) is 2.09. The number of alkyl halides is 3. The molecule has 0 heterocycles. The van der Waals surface area contributed by atoms with Crippen LogP contribution in [0.4, 0.5) is 4.79 Å². The summed E-state index contributed by atoms with van der Waals surface area (Å²) in [6.45, 7) is 0. The number of carbonyl (C=O) groups is 1. The summed E-state index contributed by atoms with van der Waals surface area (Å²) in [7, 11) is 1.48. The molecule has 0 fully saturated rings. The maximum absolute atomic E-state index is 11.2. The molecule has 1 amide bonds. The zero-order valence-electron chi connectivity index (χ0n) is 9.12. The Morgan fingerprint density at radius 2 is 2.06 bits per heavy atom. The molecule has 2 atom stereocenters. The van der Waals surface area contributed by atoms with E-state index in [0.29, 0.717) is 11.3 Å². The second-order valence-electron chi connectivity index (χ2n) is 3.25. The fraction of sp³-hybridized carbons (Fsp3) is 0.364. The highest BCUT2D eigenvalue weighted by molar-refractivity contribution is 6.33. The van der Waals surface area contributed by atoms with Crippen molar-refractivity contribution in [3.05, 3.63) is 29.8 Å². The minimum atomic E-state index is -0.557. The fourth-order valence-corrected chi connectivity index (χ4v) is 1.90. The molecule has 0 aliphatic carbocycles. The van der Waals surface area contributed by atoms with Gasteiger partial charge in [-0.2, -0.15) is 0 Å². The van der Waals surface area contributed by atoms with Crippen molar-refractivity contribution in [2.45, 2.75) is 10.8 Å². The van der Waals surface area contributed by atoms with Crippen molar-refractivity contribution >= 4 is 40.9 Å². The zero-order valence-corrected chi connectivity index (χ0v) is 11.4. The van der Waals surface area contributed by atoms with E-state index in [1.165, 1.54) is 7.05 Å². The third-order valence-corrected chi connectivity index (χ3v) is 3.65. The molecule has 0 saturated carbocycles. The predicted molar refractivity (Wildman–Crippen MR) is 70.5 cm³/mol. The smallest absolute Gasteiger partial charge is 0.410 e. The largest absolute Gasteiger partial charge is 0.412 e. The zero-order chi connectivity index (χ0) is 12.8. The van der Waals surface area contributed by atoms with Crippen LogP contribution in [0.15, 0.2) is 24.3 Å². The highest BCUT2D eigenvalue weighted by atomic mass is 35.5. The molecule has 1 rings (SSSR count). The van der Waals surface area contributed by atoms with E-state index >= 15 is 0 Å². The number of para-hydroxylation sites is 1. The van der Waals surface area contributed by atoms with Gasteiger partial charge in [0.25, 0.3) is 0 Å². The maximum atomic E-state index is 11.2. The van der Waals surface area contributed by atoms with E-state index in [4.69, 9.17) is 39.5 Å². The lowest BCUT2D eigenvalue weighted by Crippen LogP contribution is -2.23. The first-order valence-electron chi connectivity index (χ1n) is 4.92. The van der Waals surface area contributed by atoms with Gasteiger partial charge in [-0.25, -0.2) is 4.79 Å². The topological polar surface area (TPSA) is 38.3 Å². The number of amides is 1. The Hall–Kier alpha value is -0.640. The van der Waals surface area contributed by atoms with Crippen molar-refractivity contribution in [3.63, 3.8) is 0 Å². The Morgan fingerprint density at radius 1 is 1.41 bits per heavy atom. The van der Waals surface area contributed by atoms with Crippen LogP contribution < -0.4 is 10.1 Å². The molecule has 0 spiro atoms. The monoisotopic (exact) mass is 295 g/mol. The van der Waals surface area contributed by atoms with Crippen LogP contribution in [0.2, 0.25) is 0 Å². The molecule has 6 heteroatoms. The van der Waals surface area contributed by atoms with Gasteiger partial charge in [-0.15, -0.1) is 34.8 Å². The van der Waals surface area contributed by atoms with Gasteiger partial charge < -0.3 is 10.1 Å². The number of nitrogens with one attached hydrogen (secondary N) is 1. The molecule has 0 aliphatic heterocycles. The fourth-order valence-electron chi connectivity index (χ4n) is 1.23. The number of carbonyl (C=O) groups excluding carboxylic acids is 1. The lowest BCUT2D eigenvalue weighted by molar-refractivity contribution is 0.202. The summed E-state index contributed by atoms with van der Waals surface area (Å²) >= 11 is 17.8. The van der Waals surface area contributed by atoms with Crippen LogP contribution in [-0.2, 0) is 0 Å². The van der Waals surface area contributed by atoms with Crippen molar-refractivity contribution in [3.8, 4) is 5.75 Å². The third kappa shape index (κ3) is 3.95. The SMILES string of the molecule is CNC(=O)Oc1ccccc1C(Cl)C(Cl)CCl. The molecule has 94 valence electrons. The number of halogens is 3. The molecule has 1 N–H and O–H groups in total. The first-order valence-corrected chi connectivity index (χ1v) is 6.33. The molecule has 1 aromatic carbocycles. The summed E-state index contributed by atoms with van der Waals surface area (Å²) < 4.78 is 5.07. The van der Waals surface area contributed by atoms with E-state index in [9.17, 15) is 4.79 Å². The first kappa shape index (κ1) is 14.4. The molecular weight excluding hydrogens is 284 g/mol. The number of hydrogen-bond donors (Lipinski definition) is 1. The van der Waals surface area contributed by atoms with Gasteiger partial charge in [0.05, 0.1) is 10.8 Å². The highest BCUT2D eigenvalue weighted by Crippen LogP contribution is 2.34. The van der Waals surface area contributed by atoms with Gasteiger partial charge in [0, 0.05) is 18.5 Å². The van der Waals surface area contributed by atoms with Gasteiger partial charge in [-0.1, -0.05) is 18.2 Å². The number of benzene rings is 1. The summed E-state index contributed by atoms with van der Waals surface area (Å²) in [5.41, 5.74) is 0.637. The van der Waals surface area contributed by atoms with Crippen molar-refractivity contribution in [2.75, 3.05) is 12.9 Å². The molecule has 17 heavy (non-hydrogen) atoms.